The van der Waals surface area contributed by atoms with Crippen LogP contribution < -0.4 is 0 Å². The molecule has 0 atom stereocenters. The zero-order valence-electron chi connectivity index (χ0n) is 18.6. The molecule has 0 N–H and O–H groups in total. The lowest BCUT2D eigenvalue weighted by Gasteiger charge is -2.08. The van der Waals surface area contributed by atoms with E-state index in [-0.39, 0.29) is 34.2 Å². The molecule has 4 heteroatoms. The zero-order valence-corrected chi connectivity index (χ0v) is 18.6. The average molecular weight is 444 g/mol. The fourth-order valence-electron chi connectivity index (χ4n) is 4.23. The summed E-state index contributed by atoms with van der Waals surface area (Å²) < 4.78 is 1.69. The van der Waals surface area contributed by atoms with E-state index in [4.69, 9.17) is 0 Å². The van der Waals surface area contributed by atoms with Gasteiger partial charge in [-0.05, 0) is 18.6 Å². The Balaban J connectivity index is 1.87. The van der Waals surface area contributed by atoms with Gasteiger partial charge in [0.05, 0.1) is 16.6 Å². The van der Waals surface area contributed by atoms with Crippen molar-refractivity contribution in [3.05, 3.63) is 148 Å². The van der Waals surface area contributed by atoms with Crippen LogP contribution in [0.5, 0.6) is 0 Å². The van der Waals surface area contributed by atoms with Crippen molar-refractivity contribution in [3.8, 4) is 0 Å². The lowest BCUT2D eigenvalue weighted by Crippen LogP contribution is -2.15. The SMILES string of the molecule is Cc1ccc2c(C(=O)c3ccccc3)c(C(=O)c3ccccc3)c(C(=O)c3ccccc3)n2c1. The van der Waals surface area contributed by atoms with E-state index in [9.17, 15) is 14.4 Å². The number of nitrogens with zero attached hydrogens (tertiary/aromatic N) is 1. The molecule has 4 nitrogen and oxygen atoms in total. The molecule has 0 radical (unpaired) electrons. The quantitative estimate of drug-likeness (QED) is 0.305. The molecule has 0 saturated heterocycles. The summed E-state index contributed by atoms with van der Waals surface area (Å²) in [6.45, 7) is 1.91. The van der Waals surface area contributed by atoms with Crippen LogP contribution in [0.25, 0.3) is 5.52 Å². The third-order valence-corrected chi connectivity index (χ3v) is 5.86. The molecule has 2 heterocycles. The van der Waals surface area contributed by atoms with Crippen LogP contribution in [-0.2, 0) is 0 Å². The van der Waals surface area contributed by atoms with E-state index in [2.05, 4.69) is 0 Å². The minimum absolute atomic E-state index is 0.125. The first-order chi connectivity index (χ1) is 16.6. The number of carbonyl (C=O) groups is 3. The molecule has 0 aliphatic rings. The molecular formula is C30H21NO3. The van der Waals surface area contributed by atoms with Crippen molar-refractivity contribution in [2.75, 3.05) is 0 Å². The molecule has 0 saturated carbocycles. The third kappa shape index (κ3) is 3.65. The average Bonchev–Trinajstić information content (AvgIpc) is 3.23. The first-order valence-corrected chi connectivity index (χ1v) is 11.0. The fourth-order valence-corrected chi connectivity index (χ4v) is 4.23. The largest absolute Gasteiger partial charge is 0.312 e. The van der Waals surface area contributed by atoms with Gasteiger partial charge in [-0.15, -0.1) is 0 Å². The zero-order chi connectivity index (χ0) is 23.7. The van der Waals surface area contributed by atoms with Gasteiger partial charge in [0, 0.05) is 22.9 Å². The van der Waals surface area contributed by atoms with Crippen molar-refractivity contribution in [3.63, 3.8) is 0 Å². The molecule has 2 aromatic heterocycles. The van der Waals surface area contributed by atoms with E-state index in [1.165, 1.54) is 0 Å². The number of aromatic nitrogens is 1. The smallest absolute Gasteiger partial charge is 0.210 e. The number of hydrogen-bond acceptors (Lipinski definition) is 3. The first kappa shape index (κ1) is 21.3. The Labute approximate surface area is 197 Å². The molecule has 0 aliphatic heterocycles. The molecular weight excluding hydrogens is 422 g/mol. The van der Waals surface area contributed by atoms with Crippen molar-refractivity contribution in [2.24, 2.45) is 0 Å². The summed E-state index contributed by atoms with van der Waals surface area (Å²) in [7, 11) is 0. The van der Waals surface area contributed by atoms with E-state index in [1.807, 2.05) is 31.2 Å². The summed E-state index contributed by atoms with van der Waals surface area (Å²) in [6.07, 6.45) is 1.80. The summed E-state index contributed by atoms with van der Waals surface area (Å²) in [5.41, 5.74) is 3.30. The highest BCUT2D eigenvalue weighted by molar-refractivity contribution is 6.28. The first-order valence-electron chi connectivity index (χ1n) is 11.0. The maximum atomic E-state index is 13.9. The number of pyridine rings is 1. The molecule has 34 heavy (non-hydrogen) atoms. The molecule has 5 aromatic rings. The lowest BCUT2D eigenvalue weighted by molar-refractivity contribution is 0.0991. The lowest BCUT2D eigenvalue weighted by atomic mass is 9.92. The minimum Gasteiger partial charge on any atom is -0.312 e. The van der Waals surface area contributed by atoms with E-state index in [0.717, 1.165) is 5.56 Å². The van der Waals surface area contributed by atoms with E-state index < -0.39 is 0 Å². The van der Waals surface area contributed by atoms with Gasteiger partial charge in [0.15, 0.2) is 11.6 Å². The second-order valence-electron chi connectivity index (χ2n) is 8.15. The van der Waals surface area contributed by atoms with Crippen molar-refractivity contribution < 1.29 is 14.4 Å². The number of aryl methyl sites for hydroxylation is 1. The minimum atomic E-state index is -0.361. The highest BCUT2D eigenvalue weighted by Crippen LogP contribution is 2.31. The van der Waals surface area contributed by atoms with Crippen LogP contribution in [0.4, 0.5) is 0 Å². The molecule has 0 amide bonds. The van der Waals surface area contributed by atoms with Gasteiger partial charge in [0.25, 0.3) is 0 Å². The Morgan fingerprint density at radius 2 is 0.971 bits per heavy atom. The highest BCUT2D eigenvalue weighted by Gasteiger charge is 2.32. The normalized spacial score (nSPS) is 10.9. The fraction of sp³-hybridized carbons (Fsp3) is 0.0333. The monoisotopic (exact) mass is 443 g/mol. The van der Waals surface area contributed by atoms with Gasteiger partial charge in [-0.25, -0.2) is 0 Å². The Hall–Kier alpha value is -4.57. The number of carbonyl (C=O) groups excluding carboxylic acids is 3. The number of benzene rings is 3. The van der Waals surface area contributed by atoms with Gasteiger partial charge in [0.2, 0.25) is 5.78 Å². The molecule has 0 aliphatic carbocycles. The van der Waals surface area contributed by atoms with E-state index in [1.54, 1.807) is 89.5 Å². The van der Waals surface area contributed by atoms with Gasteiger partial charge >= 0.3 is 0 Å². The Morgan fingerprint density at radius 1 is 0.529 bits per heavy atom. The molecule has 0 spiro atoms. The topological polar surface area (TPSA) is 55.6 Å². The molecule has 0 bridgehead atoms. The Morgan fingerprint density at radius 3 is 1.47 bits per heavy atom. The maximum Gasteiger partial charge on any atom is 0.210 e. The van der Waals surface area contributed by atoms with Gasteiger partial charge in [0.1, 0.15) is 5.69 Å². The van der Waals surface area contributed by atoms with E-state index in [0.29, 0.717) is 22.2 Å². The van der Waals surface area contributed by atoms with Crippen LogP contribution in [0.1, 0.15) is 53.5 Å². The van der Waals surface area contributed by atoms with Crippen LogP contribution in [0.15, 0.2) is 109 Å². The summed E-state index contributed by atoms with van der Waals surface area (Å²) >= 11 is 0. The number of rotatable bonds is 6. The number of hydrogen-bond donors (Lipinski definition) is 0. The summed E-state index contributed by atoms with van der Waals surface area (Å²) in [5.74, 6) is -0.971. The standard InChI is InChI=1S/C30H21NO3/c1-20-17-18-24-25(28(32)21-11-5-2-6-12-21)26(29(33)22-13-7-3-8-14-22)27(31(24)19-20)30(34)23-15-9-4-10-16-23/h2-19H,1H3. The molecule has 0 unspecified atom stereocenters. The summed E-state index contributed by atoms with van der Waals surface area (Å²) in [5, 5.41) is 0. The van der Waals surface area contributed by atoms with Crippen LogP contribution >= 0.6 is 0 Å². The predicted octanol–water partition coefficient (Wildman–Crippen LogP) is 5.94. The van der Waals surface area contributed by atoms with Crippen LogP contribution in [0.3, 0.4) is 0 Å². The Bertz CT molecular complexity index is 1530. The summed E-state index contributed by atoms with van der Waals surface area (Å²) in [6, 6.07) is 30.1. The Kier molecular flexibility index (Phi) is 5.48. The van der Waals surface area contributed by atoms with E-state index >= 15 is 0 Å². The number of fused-ring (bicyclic) bond motifs is 1. The molecule has 3 aromatic carbocycles. The van der Waals surface area contributed by atoms with Crippen molar-refractivity contribution >= 4 is 22.9 Å². The second kappa shape index (κ2) is 8.75. The predicted molar refractivity (Wildman–Crippen MR) is 132 cm³/mol. The second-order valence-corrected chi connectivity index (χ2v) is 8.15. The van der Waals surface area contributed by atoms with Crippen LogP contribution in [-0.4, -0.2) is 21.8 Å². The van der Waals surface area contributed by atoms with Crippen molar-refractivity contribution in [1.29, 1.82) is 0 Å². The molecule has 5 rings (SSSR count). The van der Waals surface area contributed by atoms with Gasteiger partial charge in [-0.1, -0.05) is 97.1 Å². The molecule has 164 valence electrons. The maximum absolute atomic E-state index is 13.9. The van der Waals surface area contributed by atoms with Crippen molar-refractivity contribution in [1.82, 2.24) is 4.40 Å². The van der Waals surface area contributed by atoms with Gasteiger partial charge in [-0.2, -0.15) is 0 Å². The van der Waals surface area contributed by atoms with Crippen LogP contribution in [0, 0.1) is 6.92 Å². The third-order valence-electron chi connectivity index (χ3n) is 5.86. The molecule has 0 fully saturated rings. The van der Waals surface area contributed by atoms with Gasteiger partial charge in [-0.3, -0.25) is 14.4 Å². The highest BCUT2D eigenvalue weighted by atomic mass is 16.1. The van der Waals surface area contributed by atoms with Gasteiger partial charge < -0.3 is 4.40 Å². The van der Waals surface area contributed by atoms with Crippen LogP contribution in [0.2, 0.25) is 0 Å². The number of ketones is 3. The van der Waals surface area contributed by atoms with Crippen molar-refractivity contribution in [2.45, 2.75) is 6.92 Å². The summed E-state index contributed by atoms with van der Waals surface area (Å²) in [4.78, 5) is 41.5.